The third kappa shape index (κ3) is 3.89. The Balaban J connectivity index is 1.61. The summed E-state index contributed by atoms with van der Waals surface area (Å²) in [6.45, 7) is 4.77. The molecule has 0 aliphatic carbocycles. The van der Waals surface area contributed by atoms with Gasteiger partial charge >= 0.3 is 0 Å². The van der Waals surface area contributed by atoms with Gasteiger partial charge in [-0.05, 0) is 19.1 Å². The number of carbonyl (C=O) groups is 1. The van der Waals surface area contributed by atoms with E-state index >= 15 is 0 Å². The first kappa shape index (κ1) is 18.0. The zero-order valence-electron chi connectivity index (χ0n) is 15.0. The number of likely N-dealkylation sites (tertiary alicyclic amines) is 1. The van der Waals surface area contributed by atoms with E-state index in [0.717, 1.165) is 25.9 Å². The highest BCUT2D eigenvalue weighted by Crippen LogP contribution is 2.33. The molecule has 7 heteroatoms. The Morgan fingerprint density at radius 2 is 1.88 bits per heavy atom. The Bertz CT molecular complexity index is 605. The van der Waals surface area contributed by atoms with Crippen molar-refractivity contribution in [3.05, 3.63) is 18.2 Å². The van der Waals surface area contributed by atoms with Gasteiger partial charge in [0.2, 0.25) is 5.91 Å². The topological polar surface area (TPSA) is 69.3 Å². The summed E-state index contributed by atoms with van der Waals surface area (Å²) in [5.41, 5.74) is 0.606. The lowest BCUT2D eigenvalue weighted by atomic mass is 10.0. The lowest BCUT2D eigenvalue weighted by Crippen LogP contribution is -2.51. The molecule has 1 atom stereocenters. The second kappa shape index (κ2) is 7.59. The average molecular weight is 350 g/mol. The minimum absolute atomic E-state index is 0.0734. The summed E-state index contributed by atoms with van der Waals surface area (Å²) in [6, 6.07) is 5.08. The molecule has 2 saturated heterocycles. The number of nitrogens with one attached hydrogen (secondary N) is 1. The number of rotatable bonds is 5. The van der Waals surface area contributed by atoms with Gasteiger partial charge in [-0.1, -0.05) is 0 Å². The zero-order chi connectivity index (χ0) is 17.9. The van der Waals surface area contributed by atoms with E-state index in [4.69, 9.17) is 18.9 Å². The van der Waals surface area contributed by atoms with Crippen molar-refractivity contribution in [3.63, 3.8) is 0 Å². The van der Waals surface area contributed by atoms with Gasteiger partial charge in [-0.3, -0.25) is 9.69 Å². The van der Waals surface area contributed by atoms with Crippen LogP contribution in [0.5, 0.6) is 11.5 Å². The van der Waals surface area contributed by atoms with E-state index in [-0.39, 0.29) is 11.9 Å². The molecule has 138 valence electrons. The van der Waals surface area contributed by atoms with Gasteiger partial charge in [-0.15, -0.1) is 0 Å². The number of amides is 1. The third-order valence-corrected chi connectivity index (χ3v) is 4.97. The second-order valence-corrected chi connectivity index (χ2v) is 6.38. The van der Waals surface area contributed by atoms with Gasteiger partial charge < -0.3 is 24.3 Å². The molecular weight excluding hydrogens is 324 g/mol. The Morgan fingerprint density at radius 1 is 1.20 bits per heavy atom. The number of methoxy groups -OCH3 is 2. The second-order valence-electron chi connectivity index (χ2n) is 6.38. The standard InChI is InChI=1S/C18H26N2O5/c1-13(20-8-6-18(7-9-20)24-10-11-25-18)17(21)19-15-12-14(22-2)4-5-16(15)23-3/h4-5,12-13H,6-11H2,1-3H3,(H,19,21). The zero-order valence-corrected chi connectivity index (χ0v) is 15.0. The number of benzene rings is 1. The lowest BCUT2D eigenvalue weighted by Gasteiger charge is -2.39. The quantitative estimate of drug-likeness (QED) is 0.874. The summed E-state index contributed by atoms with van der Waals surface area (Å²) < 4.78 is 22.0. The molecule has 0 radical (unpaired) electrons. The number of ether oxygens (including phenoxy) is 4. The van der Waals surface area contributed by atoms with Crippen molar-refractivity contribution in [2.75, 3.05) is 45.8 Å². The van der Waals surface area contributed by atoms with Crippen molar-refractivity contribution in [3.8, 4) is 11.5 Å². The minimum atomic E-state index is -0.428. The predicted octanol–water partition coefficient (Wildman–Crippen LogP) is 1.87. The van der Waals surface area contributed by atoms with Gasteiger partial charge in [0.25, 0.3) is 0 Å². The Morgan fingerprint density at radius 3 is 2.48 bits per heavy atom. The Kier molecular flexibility index (Phi) is 5.46. The number of anilines is 1. The largest absolute Gasteiger partial charge is 0.497 e. The van der Waals surface area contributed by atoms with Crippen LogP contribution in [0.15, 0.2) is 18.2 Å². The summed E-state index contributed by atoms with van der Waals surface area (Å²) >= 11 is 0. The Hall–Kier alpha value is -1.83. The molecule has 2 fully saturated rings. The van der Waals surface area contributed by atoms with Crippen LogP contribution in [0.25, 0.3) is 0 Å². The van der Waals surface area contributed by atoms with Crippen LogP contribution in [0.3, 0.4) is 0 Å². The molecule has 0 aromatic heterocycles. The smallest absolute Gasteiger partial charge is 0.241 e. The molecule has 2 aliphatic heterocycles. The lowest BCUT2D eigenvalue weighted by molar-refractivity contribution is -0.187. The summed E-state index contributed by atoms with van der Waals surface area (Å²) in [4.78, 5) is 14.8. The average Bonchev–Trinajstić information content (AvgIpc) is 3.09. The van der Waals surface area contributed by atoms with E-state index in [1.807, 2.05) is 6.92 Å². The van der Waals surface area contributed by atoms with Crippen LogP contribution in [0.2, 0.25) is 0 Å². The van der Waals surface area contributed by atoms with E-state index in [9.17, 15) is 4.79 Å². The summed E-state index contributed by atoms with van der Waals surface area (Å²) in [6.07, 6.45) is 1.57. The fourth-order valence-corrected chi connectivity index (χ4v) is 3.35. The molecule has 0 bridgehead atoms. The molecule has 7 nitrogen and oxygen atoms in total. The third-order valence-electron chi connectivity index (χ3n) is 4.97. The molecule has 25 heavy (non-hydrogen) atoms. The van der Waals surface area contributed by atoms with Crippen LogP contribution >= 0.6 is 0 Å². The van der Waals surface area contributed by atoms with Gasteiger partial charge in [0.1, 0.15) is 11.5 Å². The first-order valence-electron chi connectivity index (χ1n) is 8.62. The summed E-state index contributed by atoms with van der Waals surface area (Å²) in [5, 5.41) is 2.95. The van der Waals surface area contributed by atoms with Crippen molar-refractivity contribution in [2.24, 2.45) is 0 Å². The predicted molar refractivity (Wildman–Crippen MR) is 93.1 cm³/mol. The van der Waals surface area contributed by atoms with Crippen LogP contribution in [0, 0.1) is 0 Å². The van der Waals surface area contributed by atoms with Crippen LogP contribution in [0.1, 0.15) is 19.8 Å². The normalized spacial score (nSPS) is 21.1. The number of piperidine rings is 1. The molecular formula is C18H26N2O5. The SMILES string of the molecule is COc1ccc(OC)c(NC(=O)C(C)N2CCC3(CC2)OCCO3)c1. The molecule has 2 aliphatic rings. The summed E-state index contributed by atoms with van der Waals surface area (Å²) in [7, 11) is 3.17. The molecule has 1 spiro atoms. The van der Waals surface area contributed by atoms with Gasteiger partial charge in [0.05, 0.1) is 39.2 Å². The number of hydrogen-bond acceptors (Lipinski definition) is 6. The van der Waals surface area contributed by atoms with Crippen molar-refractivity contribution >= 4 is 11.6 Å². The fourth-order valence-electron chi connectivity index (χ4n) is 3.35. The van der Waals surface area contributed by atoms with Crippen LogP contribution in [0.4, 0.5) is 5.69 Å². The maximum Gasteiger partial charge on any atom is 0.241 e. The van der Waals surface area contributed by atoms with Crippen molar-refractivity contribution in [1.29, 1.82) is 0 Å². The maximum atomic E-state index is 12.7. The fraction of sp³-hybridized carbons (Fsp3) is 0.611. The van der Waals surface area contributed by atoms with E-state index < -0.39 is 5.79 Å². The van der Waals surface area contributed by atoms with Crippen LogP contribution in [-0.2, 0) is 14.3 Å². The van der Waals surface area contributed by atoms with Gasteiger partial charge in [-0.2, -0.15) is 0 Å². The van der Waals surface area contributed by atoms with Crippen molar-refractivity contribution in [2.45, 2.75) is 31.6 Å². The monoisotopic (exact) mass is 350 g/mol. The van der Waals surface area contributed by atoms with E-state index in [2.05, 4.69) is 10.2 Å². The first-order chi connectivity index (χ1) is 12.1. The van der Waals surface area contributed by atoms with Crippen molar-refractivity contribution in [1.82, 2.24) is 4.90 Å². The van der Waals surface area contributed by atoms with E-state index in [0.29, 0.717) is 30.4 Å². The number of carbonyl (C=O) groups excluding carboxylic acids is 1. The van der Waals surface area contributed by atoms with Crippen LogP contribution < -0.4 is 14.8 Å². The molecule has 2 heterocycles. The number of hydrogen-bond donors (Lipinski definition) is 1. The molecule has 1 aromatic rings. The molecule has 0 saturated carbocycles. The van der Waals surface area contributed by atoms with E-state index in [1.165, 1.54) is 0 Å². The van der Waals surface area contributed by atoms with Gasteiger partial charge in [0, 0.05) is 32.0 Å². The molecule has 1 amide bonds. The first-order valence-corrected chi connectivity index (χ1v) is 8.62. The molecule has 3 rings (SSSR count). The van der Waals surface area contributed by atoms with Crippen LogP contribution in [-0.4, -0.2) is 63.2 Å². The molecule has 1 aromatic carbocycles. The molecule has 1 unspecified atom stereocenters. The maximum absolute atomic E-state index is 12.7. The Labute approximate surface area is 148 Å². The highest BCUT2D eigenvalue weighted by Gasteiger charge is 2.41. The highest BCUT2D eigenvalue weighted by atomic mass is 16.7. The minimum Gasteiger partial charge on any atom is -0.497 e. The van der Waals surface area contributed by atoms with E-state index in [1.54, 1.807) is 32.4 Å². The van der Waals surface area contributed by atoms with Crippen molar-refractivity contribution < 1.29 is 23.7 Å². The number of nitrogens with zero attached hydrogens (tertiary/aromatic N) is 1. The highest BCUT2D eigenvalue weighted by molar-refractivity contribution is 5.96. The molecule has 1 N–H and O–H groups in total. The van der Waals surface area contributed by atoms with Gasteiger partial charge in [-0.25, -0.2) is 0 Å². The van der Waals surface area contributed by atoms with Gasteiger partial charge in [0.15, 0.2) is 5.79 Å². The summed E-state index contributed by atoms with van der Waals surface area (Å²) in [5.74, 6) is 0.768.